The first-order chi connectivity index (χ1) is 18.5. The van der Waals surface area contributed by atoms with E-state index < -0.39 is 5.97 Å². The van der Waals surface area contributed by atoms with E-state index in [9.17, 15) is 9.59 Å². The van der Waals surface area contributed by atoms with Crippen LogP contribution in [0, 0.1) is 5.92 Å². The SMILES string of the molecule is CCCOc1cccc(-c2cc(C(=O)Nc3sc4c(c3C(=O)OC)CC[C@@H](CC)C4)c3ccccc3n2)c1. The van der Waals surface area contributed by atoms with Gasteiger partial charge in [0.15, 0.2) is 0 Å². The Morgan fingerprint density at radius 3 is 2.74 bits per heavy atom. The first kappa shape index (κ1) is 25.9. The van der Waals surface area contributed by atoms with Gasteiger partial charge in [-0.05, 0) is 61.4 Å². The van der Waals surface area contributed by atoms with Crippen LogP contribution in [0.25, 0.3) is 22.2 Å². The van der Waals surface area contributed by atoms with E-state index in [2.05, 4.69) is 19.2 Å². The molecule has 0 spiro atoms. The van der Waals surface area contributed by atoms with Crippen LogP contribution in [-0.2, 0) is 17.6 Å². The highest BCUT2D eigenvalue weighted by atomic mass is 32.1. The summed E-state index contributed by atoms with van der Waals surface area (Å²) in [4.78, 5) is 32.6. The predicted molar refractivity (Wildman–Crippen MR) is 152 cm³/mol. The Labute approximate surface area is 227 Å². The molecule has 0 fully saturated rings. The van der Waals surface area contributed by atoms with Crippen molar-refractivity contribution >= 4 is 39.1 Å². The molecule has 1 atom stereocenters. The number of anilines is 1. The summed E-state index contributed by atoms with van der Waals surface area (Å²) in [5, 5.41) is 4.37. The number of carbonyl (C=O) groups is 2. The Balaban J connectivity index is 1.54. The van der Waals surface area contributed by atoms with Crippen molar-refractivity contribution in [2.45, 2.75) is 46.0 Å². The van der Waals surface area contributed by atoms with Crippen LogP contribution in [0.3, 0.4) is 0 Å². The molecule has 0 radical (unpaired) electrons. The lowest BCUT2D eigenvalue weighted by Crippen LogP contribution is -2.17. The van der Waals surface area contributed by atoms with Gasteiger partial charge in [0.05, 0.1) is 36.1 Å². The topological polar surface area (TPSA) is 77.5 Å². The number of hydrogen-bond acceptors (Lipinski definition) is 6. The van der Waals surface area contributed by atoms with Crippen molar-refractivity contribution in [1.29, 1.82) is 0 Å². The summed E-state index contributed by atoms with van der Waals surface area (Å²) < 4.78 is 10.9. The van der Waals surface area contributed by atoms with E-state index in [1.807, 2.05) is 54.6 Å². The maximum atomic E-state index is 13.8. The van der Waals surface area contributed by atoms with E-state index in [0.717, 1.165) is 59.9 Å². The number of carbonyl (C=O) groups excluding carboxylic acids is 2. The Bertz CT molecular complexity index is 1490. The molecule has 38 heavy (non-hydrogen) atoms. The van der Waals surface area contributed by atoms with Gasteiger partial charge in [0, 0.05) is 15.8 Å². The first-order valence-corrected chi connectivity index (χ1v) is 14.0. The number of rotatable bonds is 8. The van der Waals surface area contributed by atoms with Gasteiger partial charge in [0.1, 0.15) is 10.8 Å². The van der Waals surface area contributed by atoms with Crippen molar-refractivity contribution in [3.05, 3.63) is 76.2 Å². The van der Waals surface area contributed by atoms with Crippen LogP contribution in [-0.4, -0.2) is 30.6 Å². The summed E-state index contributed by atoms with van der Waals surface area (Å²) in [5.41, 5.74) is 4.28. The molecule has 196 valence electrons. The van der Waals surface area contributed by atoms with Gasteiger partial charge in [-0.1, -0.05) is 50.6 Å². The van der Waals surface area contributed by atoms with E-state index in [1.165, 1.54) is 23.3 Å². The zero-order valence-corrected chi connectivity index (χ0v) is 22.8. The fraction of sp³-hybridized carbons (Fsp3) is 0.323. The molecule has 6 nitrogen and oxygen atoms in total. The number of pyridine rings is 1. The molecule has 2 aromatic carbocycles. The number of thiophene rings is 1. The number of hydrogen-bond donors (Lipinski definition) is 1. The van der Waals surface area contributed by atoms with Gasteiger partial charge in [0.2, 0.25) is 0 Å². The number of esters is 1. The minimum atomic E-state index is -0.406. The first-order valence-electron chi connectivity index (χ1n) is 13.2. The van der Waals surface area contributed by atoms with E-state index in [0.29, 0.717) is 34.3 Å². The largest absolute Gasteiger partial charge is 0.494 e. The molecular formula is C31H32N2O4S. The number of benzene rings is 2. The number of aromatic nitrogens is 1. The fourth-order valence-corrected chi connectivity index (χ4v) is 6.40. The molecule has 0 saturated carbocycles. The van der Waals surface area contributed by atoms with E-state index >= 15 is 0 Å². The van der Waals surface area contributed by atoms with Crippen LogP contribution in [0.5, 0.6) is 5.75 Å². The van der Waals surface area contributed by atoms with E-state index in [4.69, 9.17) is 14.5 Å². The van der Waals surface area contributed by atoms with Crippen LogP contribution < -0.4 is 10.1 Å². The minimum absolute atomic E-state index is 0.279. The highest BCUT2D eigenvalue weighted by molar-refractivity contribution is 7.17. The zero-order chi connectivity index (χ0) is 26.6. The van der Waals surface area contributed by atoms with Gasteiger partial charge in [-0.3, -0.25) is 4.79 Å². The van der Waals surface area contributed by atoms with Crippen LogP contribution in [0.15, 0.2) is 54.6 Å². The third kappa shape index (κ3) is 5.16. The highest BCUT2D eigenvalue weighted by Gasteiger charge is 2.30. The van der Waals surface area contributed by atoms with Crippen LogP contribution in [0.2, 0.25) is 0 Å². The summed E-state index contributed by atoms with van der Waals surface area (Å²) in [7, 11) is 1.39. The maximum absolute atomic E-state index is 13.8. The van der Waals surface area contributed by atoms with Crippen molar-refractivity contribution in [1.82, 2.24) is 4.98 Å². The van der Waals surface area contributed by atoms with Crippen molar-refractivity contribution < 1.29 is 19.1 Å². The number of amides is 1. The van der Waals surface area contributed by atoms with Crippen LogP contribution >= 0.6 is 11.3 Å². The summed E-state index contributed by atoms with van der Waals surface area (Å²) >= 11 is 1.50. The predicted octanol–water partition coefficient (Wildman–Crippen LogP) is 7.31. The van der Waals surface area contributed by atoms with Gasteiger partial charge in [-0.25, -0.2) is 9.78 Å². The van der Waals surface area contributed by atoms with E-state index in [1.54, 1.807) is 0 Å². The highest BCUT2D eigenvalue weighted by Crippen LogP contribution is 2.41. The van der Waals surface area contributed by atoms with Crippen molar-refractivity contribution in [2.24, 2.45) is 5.92 Å². The Morgan fingerprint density at radius 2 is 1.95 bits per heavy atom. The lowest BCUT2D eigenvalue weighted by Gasteiger charge is -2.20. The van der Waals surface area contributed by atoms with Gasteiger partial charge in [-0.15, -0.1) is 11.3 Å². The summed E-state index contributed by atoms with van der Waals surface area (Å²) in [6, 6.07) is 17.2. The molecule has 2 heterocycles. The van der Waals surface area contributed by atoms with Crippen LogP contribution in [0.1, 0.15) is 64.3 Å². The molecule has 1 amide bonds. The Morgan fingerprint density at radius 1 is 1.11 bits per heavy atom. The fourth-order valence-electron chi connectivity index (χ4n) is 5.06. The number of nitrogens with zero attached hydrogens (tertiary/aromatic N) is 1. The monoisotopic (exact) mass is 528 g/mol. The second-order valence-electron chi connectivity index (χ2n) is 9.62. The van der Waals surface area contributed by atoms with Gasteiger partial charge in [0.25, 0.3) is 5.91 Å². The lowest BCUT2D eigenvalue weighted by atomic mass is 9.85. The number of methoxy groups -OCH3 is 1. The molecule has 0 aliphatic heterocycles. The van der Waals surface area contributed by atoms with Gasteiger partial charge < -0.3 is 14.8 Å². The van der Waals surface area contributed by atoms with Crippen LogP contribution in [0.4, 0.5) is 5.00 Å². The zero-order valence-electron chi connectivity index (χ0n) is 22.0. The molecule has 0 saturated heterocycles. The molecule has 1 aliphatic carbocycles. The second kappa shape index (κ2) is 11.4. The molecule has 0 bridgehead atoms. The third-order valence-electron chi connectivity index (χ3n) is 7.12. The van der Waals surface area contributed by atoms with E-state index in [-0.39, 0.29) is 5.91 Å². The Hall–Kier alpha value is -3.71. The Kier molecular flexibility index (Phi) is 7.74. The average molecular weight is 529 g/mol. The summed E-state index contributed by atoms with van der Waals surface area (Å²) in [6.45, 7) is 4.90. The lowest BCUT2D eigenvalue weighted by molar-refractivity contribution is 0.0600. The molecule has 4 aromatic rings. The van der Waals surface area contributed by atoms with Crippen molar-refractivity contribution in [2.75, 3.05) is 19.0 Å². The normalized spacial score (nSPS) is 14.7. The quantitative estimate of drug-likeness (QED) is 0.243. The molecule has 0 unspecified atom stereocenters. The molecule has 1 aliphatic rings. The smallest absolute Gasteiger partial charge is 0.341 e. The molecular weight excluding hydrogens is 496 g/mol. The number of para-hydroxylation sites is 1. The molecule has 5 rings (SSSR count). The average Bonchev–Trinajstić information content (AvgIpc) is 3.31. The van der Waals surface area contributed by atoms with Crippen molar-refractivity contribution in [3.8, 4) is 17.0 Å². The number of nitrogens with one attached hydrogen (secondary N) is 1. The standard InChI is InChI=1S/C31H32N2O4S/c1-4-15-37-21-10-8-9-20(17-21)26-18-24(22-11-6-7-12-25(22)32-26)29(34)33-30-28(31(35)36-3)23-14-13-19(5-2)16-27(23)38-30/h6-12,17-19H,4-5,13-16H2,1-3H3,(H,33,34)/t19-/m1/s1. The second-order valence-corrected chi connectivity index (χ2v) is 10.7. The number of ether oxygens (including phenoxy) is 2. The minimum Gasteiger partial charge on any atom is -0.494 e. The summed E-state index contributed by atoms with van der Waals surface area (Å²) in [6.07, 6.45) is 4.81. The molecule has 7 heteroatoms. The maximum Gasteiger partial charge on any atom is 0.341 e. The van der Waals surface area contributed by atoms with Crippen molar-refractivity contribution in [3.63, 3.8) is 0 Å². The number of fused-ring (bicyclic) bond motifs is 2. The van der Waals surface area contributed by atoms with Gasteiger partial charge >= 0.3 is 5.97 Å². The molecule has 2 aromatic heterocycles. The summed E-state index contributed by atoms with van der Waals surface area (Å²) in [5.74, 6) is 0.678. The van der Waals surface area contributed by atoms with Gasteiger partial charge in [-0.2, -0.15) is 0 Å². The third-order valence-corrected chi connectivity index (χ3v) is 8.29. The molecule has 1 N–H and O–H groups in total.